The molecule has 1 aromatic carbocycles. The number of benzene rings is 1. The first-order chi connectivity index (χ1) is 14.4. The van der Waals surface area contributed by atoms with Crippen LogP contribution in [0.1, 0.15) is 30.9 Å². The summed E-state index contributed by atoms with van der Waals surface area (Å²) in [5, 5.41) is 4.27. The molecule has 1 N–H and O–H groups in total. The number of aromatic nitrogens is 6. The van der Waals surface area contributed by atoms with Crippen LogP contribution in [-0.2, 0) is 19.3 Å². The highest BCUT2D eigenvalue weighted by Crippen LogP contribution is 2.30. The number of nitrogens with zero attached hydrogens (tertiary/aromatic N) is 5. The van der Waals surface area contributed by atoms with Gasteiger partial charge in [0.25, 0.3) is 5.56 Å². The molecule has 4 aromatic rings. The summed E-state index contributed by atoms with van der Waals surface area (Å²) < 4.78 is 42.2. The van der Waals surface area contributed by atoms with Crippen molar-refractivity contribution in [3.05, 3.63) is 64.5 Å². The van der Waals surface area contributed by atoms with Crippen molar-refractivity contribution in [2.75, 3.05) is 0 Å². The van der Waals surface area contributed by atoms with Crippen molar-refractivity contribution in [3.8, 4) is 11.4 Å². The number of rotatable bonds is 6. The Kier molecular flexibility index (Phi) is 5.15. The molecule has 0 amide bonds. The molecule has 0 unspecified atom stereocenters. The Balaban J connectivity index is 1.68. The Morgan fingerprint density at radius 3 is 2.83 bits per heavy atom. The minimum Gasteiger partial charge on any atom is -0.318 e. The van der Waals surface area contributed by atoms with E-state index in [1.807, 2.05) is 11.5 Å². The van der Waals surface area contributed by atoms with Gasteiger partial charge in [0.05, 0.1) is 30.2 Å². The van der Waals surface area contributed by atoms with E-state index in [2.05, 4.69) is 20.1 Å². The predicted molar refractivity (Wildman–Crippen MR) is 105 cm³/mol. The largest absolute Gasteiger partial charge is 0.416 e. The summed E-state index contributed by atoms with van der Waals surface area (Å²) >= 11 is 0. The Morgan fingerprint density at radius 2 is 2.07 bits per heavy atom. The molecule has 0 aliphatic carbocycles. The zero-order valence-corrected chi connectivity index (χ0v) is 16.1. The Bertz CT molecular complexity index is 1240. The normalized spacial score (nSPS) is 12.0. The highest BCUT2D eigenvalue weighted by atomic mass is 19.4. The average molecular weight is 416 g/mol. The lowest BCUT2D eigenvalue weighted by atomic mass is 10.1. The van der Waals surface area contributed by atoms with Crippen molar-refractivity contribution in [1.82, 2.24) is 29.3 Å². The molecule has 3 heterocycles. The summed E-state index contributed by atoms with van der Waals surface area (Å²) in [7, 11) is 0. The van der Waals surface area contributed by atoms with Gasteiger partial charge in [-0.2, -0.15) is 18.3 Å². The third kappa shape index (κ3) is 3.85. The van der Waals surface area contributed by atoms with Gasteiger partial charge >= 0.3 is 6.18 Å². The molecule has 10 heteroatoms. The number of alkyl halides is 3. The van der Waals surface area contributed by atoms with E-state index in [1.165, 1.54) is 12.4 Å². The van der Waals surface area contributed by atoms with Crippen LogP contribution < -0.4 is 5.56 Å². The number of hydrogen-bond acceptors (Lipinski definition) is 4. The monoisotopic (exact) mass is 416 g/mol. The fourth-order valence-corrected chi connectivity index (χ4v) is 3.33. The lowest BCUT2D eigenvalue weighted by molar-refractivity contribution is -0.137. The molecule has 0 saturated heterocycles. The second-order valence-corrected chi connectivity index (χ2v) is 6.97. The van der Waals surface area contributed by atoms with Crippen LogP contribution in [0.5, 0.6) is 0 Å². The number of nitrogens with one attached hydrogen (secondary N) is 1. The second-order valence-electron chi connectivity index (χ2n) is 6.97. The zero-order valence-electron chi connectivity index (χ0n) is 16.1. The molecule has 7 nitrogen and oxygen atoms in total. The zero-order chi connectivity index (χ0) is 21.3. The van der Waals surface area contributed by atoms with Crippen LogP contribution in [0.15, 0.2) is 47.8 Å². The molecule has 30 heavy (non-hydrogen) atoms. The number of halogens is 3. The van der Waals surface area contributed by atoms with E-state index < -0.39 is 11.7 Å². The van der Waals surface area contributed by atoms with Crippen molar-refractivity contribution in [1.29, 1.82) is 0 Å². The van der Waals surface area contributed by atoms with Crippen LogP contribution in [-0.4, -0.2) is 29.3 Å². The van der Waals surface area contributed by atoms with Crippen LogP contribution in [0.25, 0.3) is 22.6 Å². The summed E-state index contributed by atoms with van der Waals surface area (Å²) in [5.74, 6) is 0.554. The first-order valence-corrected chi connectivity index (χ1v) is 9.49. The number of fused-ring (bicyclic) bond motifs is 1. The van der Waals surface area contributed by atoms with E-state index >= 15 is 0 Å². The lowest BCUT2D eigenvalue weighted by Gasteiger charge is -2.09. The molecule has 0 bridgehead atoms. The van der Waals surface area contributed by atoms with Gasteiger partial charge in [0, 0.05) is 12.7 Å². The van der Waals surface area contributed by atoms with Crippen molar-refractivity contribution < 1.29 is 13.2 Å². The van der Waals surface area contributed by atoms with Crippen molar-refractivity contribution in [2.45, 2.75) is 39.0 Å². The van der Waals surface area contributed by atoms with E-state index in [-0.39, 0.29) is 12.1 Å². The fourth-order valence-electron chi connectivity index (χ4n) is 3.33. The Morgan fingerprint density at radius 1 is 1.23 bits per heavy atom. The maximum Gasteiger partial charge on any atom is 0.416 e. The van der Waals surface area contributed by atoms with Gasteiger partial charge in [0.1, 0.15) is 5.82 Å². The molecule has 0 radical (unpaired) electrons. The van der Waals surface area contributed by atoms with E-state index in [4.69, 9.17) is 0 Å². The van der Waals surface area contributed by atoms with E-state index in [1.54, 1.807) is 23.1 Å². The number of H-pyrrole nitrogens is 1. The van der Waals surface area contributed by atoms with E-state index in [0.717, 1.165) is 25.0 Å². The molecule has 0 fully saturated rings. The highest BCUT2D eigenvalue weighted by molar-refractivity contribution is 5.75. The Labute approximate surface area is 169 Å². The Hall–Kier alpha value is -3.43. The maximum atomic E-state index is 12.9. The standard InChI is InChI=1S/C20H19F3N6O/c1-2-3-7-29-16-17(24-12-25-19(16)30)27-18(29)14-9-26-28(11-14)10-13-5-4-6-15(8-13)20(21,22)23/h4-6,8-9,11-12H,2-3,7,10H2,1H3,(H,24,25,30). The molecular formula is C20H19F3N6O. The smallest absolute Gasteiger partial charge is 0.318 e. The minimum absolute atomic E-state index is 0.179. The fraction of sp³-hybridized carbons (Fsp3) is 0.300. The van der Waals surface area contributed by atoms with Crippen LogP contribution >= 0.6 is 0 Å². The van der Waals surface area contributed by atoms with E-state index in [9.17, 15) is 18.0 Å². The number of aromatic amines is 1. The summed E-state index contributed by atoms with van der Waals surface area (Å²) in [5.41, 5.74) is 0.917. The summed E-state index contributed by atoms with van der Waals surface area (Å²) in [6.07, 6.45) is 2.00. The van der Waals surface area contributed by atoms with Gasteiger partial charge in [-0.05, 0) is 24.1 Å². The molecular weight excluding hydrogens is 397 g/mol. The number of imidazole rings is 1. The summed E-state index contributed by atoms with van der Waals surface area (Å²) in [6.45, 7) is 2.82. The van der Waals surface area contributed by atoms with Gasteiger partial charge in [-0.3, -0.25) is 9.48 Å². The SMILES string of the molecule is CCCCn1c(-c2cnn(Cc3cccc(C(F)(F)F)c3)c2)nc2nc[nH]c(=O)c21. The van der Waals surface area contributed by atoms with Crippen LogP contribution in [0.4, 0.5) is 13.2 Å². The van der Waals surface area contributed by atoms with Gasteiger partial charge in [-0.25, -0.2) is 9.97 Å². The van der Waals surface area contributed by atoms with Gasteiger partial charge in [-0.15, -0.1) is 0 Å². The first kappa shape index (κ1) is 19.9. The van der Waals surface area contributed by atoms with Gasteiger partial charge in [0.2, 0.25) is 0 Å². The van der Waals surface area contributed by atoms with Crippen molar-refractivity contribution in [3.63, 3.8) is 0 Å². The minimum atomic E-state index is -4.39. The number of hydrogen-bond donors (Lipinski definition) is 1. The summed E-state index contributed by atoms with van der Waals surface area (Å²) in [6, 6.07) is 5.15. The van der Waals surface area contributed by atoms with Gasteiger partial charge in [0.15, 0.2) is 11.2 Å². The van der Waals surface area contributed by atoms with Crippen molar-refractivity contribution in [2.24, 2.45) is 0 Å². The average Bonchev–Trinajstić information content (AvgIpc) is 3.31. The lowest BCUT2D eigenvalue weighted by Crippen LogP contribution is -2.12. The molecule has 0 aliphatic heterocycles. The van der Waals surface area contributed by atoms with Crippen LogP contribution in [0.2, 0.25) is 0 Å². The van der Waals surface area contributed by atoms with Crippen LogP contribution in [0, 0.1) is 0 Å². The maximum absolute atomic E-state index is 12.9. The second kappa shape index (κ2) is 7.77. The van der Waals surface area contributed by atoms with Gasteiger partial charge < -0.3 is 9.55 Å². The number of unbranched alkanes of at least 4 members (excludes halogenated alkanes) is 1. The molecule has 0 aliphatic rings. The molecule has 3 aromatic heterocycles. The quantitative estimate of drug-likeness (QED) is 0.518. The molecule has 0 saturated carbocycles. The highest BCUT2D eigenvalue weighted by Gasteiger charge is 2.30. The predicted octanol–water partition coefficient (Wildman–Crippen LogP) is 3.85. The summed E-state index contributed by atoms with van der Waals surface area (Å²) in [4.78, 5) is 23.5. The topological polar surface area (TPSA) is 81.4 Å². The molecule has 0 atom stereocenters. The third-order valence-corrected chi connectivity index (χ3v) is 4.77. The van der Waals surface area contributed by atoms with Crippen LogP contribution in [0.3, 0.4) is 0 Å². The van der Waals surface area contributed by atoms with Gasteiger partial charge in [-0.1, -0.05) is 25.5 Å². The van der Waals surface area contributed by atoms with E-state index in [0.29, 0.717) is 34.7 Å². The van der Waals surface area contributed by atoms with Crippen molar-refractivity contribution >= 4 is 11.2 Å². The molecule has 0 spiro atoms. The number of aryl methyl sites for hydroxylation is 1. The third-order valence-electron chi connectivity index (χ3n) is 4.77. The first-order valence-electron chi connectivity index (χ1n) is 9.49. The molecule has 4 rings (SSSR count). The molecule has 156 valence electrons.